The van der Waals surface area contributed by atoms with Gasteiger partial charge in [-0.15, -0.1) is 0 Å². The molecular weight excluding hydrogens is 544 g/mol. The molecule has 1 aliphatic carbocycles. The average molecular weight is 581 g/mol. The molecule has 0 bridgehead atoms. The van der Waals surface area contributed by atoms with Gasteiger partial charge in [-0.2, -0.15) is 0 Å². The lowest BCUT2D eigenvalue weighted by atomic mass is 9.62. The summed E-state index contributed by atoms with van der Waals surface area (Å²) >= 11 is 0. The molecule has 3 rings (SSSR count). The Hall–Kier alpha value is -4.68. The number of nitrogens with zero attached hydrogens (tertiary/aromatic N) is 4. The first kappa shape index (κ1) is 31.8. The van der Waals surface area contributed by atoms with E-state index in [1.807, 2.05) is 6.92 Å². The zero-order chi connectivity index (χ0) is 31.1. The van der Waals surface area contributed by atoms with Gasteiger partial charge in [-0.3, -0.25) is 34.9 Å². The molecule has 42 heavy (non-hydrogen) atoms. The van der Waals surface area contributed by atoms with Crippen molar-refractivity contribution >= 4 is 34.8 Å². The molecule has 13 heteroatoms. The number of carbonyl (C=O) groups excluding carboxylic acids is 2. The molecule has 0 spiro atoms. The molecule has 2 N–H and O–H groups in total. The molecule has 0 aliphatic heterocycles. The lowest BCUT2D eigenvalue weighted by Crippen LogP contribution is -2.50. The summed E-state index contributed by atoms with van der Waals surface area (Å²) in [6.07, 6.45) is 1.26. The van der Waals surface area contributed by atoms with Crippen LogP contribution in [0.2, 0.25) is 0 Å². The molecule has 0 heterocycles. The number of oxime groups is 1. The topological polar surface area (TPSA) is 178 Å². The standard InChI is InChI=1S/C29H36N6O7/c1-19(22-10-6-8-12-24(22)34(38)39)30-16-26(36)31-18-29(5)15-21(14-28(3,4)17-29)32-27(37)42-33-20(2)23-11-7-9-13-25(23)35(40)41/h6-13,21H,14-18H2,1-5H3,(H,31,36)(H,32,37)/b30-19+,33-20+. The van der Waals surface area contributed by atoms with Crippen LogP contribution in [0.3, 0.4) is 0 Å². The Bertz CT molecular complexity index is 1420. The van der Waals surface area contributed by atoms with Crippen molar-refractivity contribution in [2.45, 2.75) is 59.9 Å². The largest absolute Gasteiger partial charge is 0.433 e. The van der Waals surface area contributed by atoms with Gasteiger partial charge in [0.15, 0.2) is 0 Å². The molecule has 224 valence electrons. The minimum absolute atomic E-state index is 0.0737. The number of nitrogens with one attached hydrogen (secondary N) is 2. The van der Waals surface area contributed by atoms with Crippen LogP contribution < -0.4 is 10.6 Å². The molecular formula is C29H36N6O7. The molecule has 2 aromatic carbocycles. The molecule has 0 radical (unpaired) electrons. The second kappa shape index (κ2) is 13.3. The summed E-state index contributed by atoms with van der Waals surface area (Å²) in [5.74, 6) is -0.318. The van der Waals surface area contributed by atoms with Gasteiger partial charge in [-0.25, -0.2) is 4.79 Å². The highest BCUT2D eigenvalue weighted by Crippen LogP contribution is 2.45. The lowest BCUT2D eigenvalue weighted by Gasteiger charge is -2.46. The Kier molecular flexibility index (Phi) is 10.1. The molecule has 1 fully saturated rings. The number of aliphatic imine (C=N–C) groups is 1. The smallest absolute Gasteiger partial charge is 0.354 e. The summed E-state index contributed by atoms with van der Waals surface area (Å²) in [6, 6.07) is 12.0. The second-order valence-corrected chi connectivity index (χ2v) is 11.7. The van der Waals surface area contributed by atoms with Gasteiger partial charge < -0.3 is 10.6 Å². The third-order valence-corrected chi connectivity index (χ3v) is 7.18. The first-order valence-electron chi connectivity index (χ1n) is 13.5. The fourth-order valence-electron chi connectivity index (χ4n) is 5.74. The van der Waals surface area contributed by atoms with E-state index in [2.05, 4.69) is 34.6 Å². The fourth-order valence-corrected chi connectivity index (χ4v) is 5.74. The summed E-state index contributed by atoms with van der Waals surface area (Å²) in [6.45, 7) is 9.52. The predicted octanol–water partition coefficient (Wildman–Crippen LogP) is 5.16. The van der Waals surface area contributed by atoms with Crippen LogP contribution in [-0.4, -0.2) is 52.4 Å². The molecule has 0 saturated heterocycles. The number of nitro groups is 2. The van der Waals surface area contributed by atoms with E-state index < -0.39 is 15.9 Å². The first-order valence-corrected chi connectivity index (χ1v) is 13.5. The molecule has 2 amide bonds. The molecule has 1 saturated carbocycles. The minimum Gasteiger partial charge on any atom is -0.354 e. The van der Waals surface area contributed by atoms with Crippen LogP contribution in [0.4, 0.5) is 16.2 Å². The van der Waals surface area contributed by atoms with Gasteiger partial charge in [0.2, 0.25) is 5.91 Å². The summed E-state index contributed by atoms with van der Waals surface area (Å²) in [4.78, 5) is 56.1. The second-order valence-electron chi connectivity index (χ2n) is 11.7. The van der Waals surface area contributed by atoms with Crippen LogP contribution in [0.5, 0.6) is 0 Å². The van der Waals surface area contributed by atoms with Crippen molar-refractivity contribution in [1.29, 1.82) is 0 Å². The van der Waals surface area contributed by atoms with E-state index in [0.29, 0.717) is 30.7 Å². The number of hydrogen-bond donors (Lipinski definition) is 2. The molecule has 13 nitrogen and oxygen atoms in total. The molecule has 2 aromatic rings. The average Bonchev–Trinajstić information content (AvgIpc) is 2.92. The molecule has 0 aromatic heterocycles. The van der Waals surface area contributed by atoms with Crippen molar-refractivity contribution in [2.75, 3.05) is 13.1 Å². The number of rotatable bonds is 10. The van der Waals surface area contributed by atoms with E-state index in [9.17, 15) is 29.8 Å². The predicted molar refractivity (Wildman–Crippen MR) is 158 cm³/mol. The van der Waals surface area contributed by atoms with Gasteiger partial charge in [0, 0.05) is 30.4 Å². The van der Waals surface area contributed by atoms with E-state index in [1.165, 1.54) is 25.1 Å². The van der Waals surface area contributed by atoms with Gasteiger partial charge in [0.25, 0.3) is 11.4 Å². The van der Waals surface area contributed by atoms with Crippen LogP contribution in [0.25, 0.3) is 0 Å². The van der Waals surface area contributed by atoms with E-state index in [4.69, 9.17) is 4.84 Å². The van der Waals surface area contributed by atoms with Gasteiger partial charge in [-0.1, -0.05) is 50.2 Å². The highest BCUT2D eigenvalue weighted by Gasteiger charge is 2.42. The number of amides is 2. The third-order valence-electron chi connectivity index (χ3n) is 7.18. The number of para-hydroxylation sites is 2. The fraction of sp³-hybridized carbons (Fsp3) is 0.448. The van der Waals surface area contributed by atoms with Crippen LogP contribution in [0.1, 0.15) is 65.0 Å². The summed E-state index contributed by atoms with van der Waals surface area (Å²) in [7, 11) is 0. The van der Waals surface area contributed by atoms with Crippen LogP contribution >= 0.6 is 0 Å². The van der Waals surface area contributed by atoms with E-state index in [-0.39, 0.29) is 52.0 Å². The summed E-state index contributed by atoms with van der Waals surface area (Å²) in [5, 5.41) is 32.1. The van der Waals surface area contributed by atoms with Crippen molar-refractivity contribution in [1.82, 2.24) is 10.6 Å². The Morgan fingerprint density at radius 3 is 2.05 bits per heavy atom. The van der Waals surface area contributed by atoms with E-state index in [0.717, 1.165) is 6.42 Å². The third kappa shape index (κ3) is 8.66. The molecule has 2 atom stereocenters. The molecule has 1 aliphatic rings. The number of carbonyl (C=O) groups is 2. The SMILES string of the molecule is C/C(=N\CC(=O)NCC1(C)CC(NC(=O)O/N=C(\C)c2ccccc2[N+](=O)[O-])CC(C)(C)C1)c1ccccc1[N+](=O)[O-]. The van der Waals surface area contributed by atoms with Crippen molar-refractivity contribution in [3.63, 3.8) is 0 Å². The summed E-state index contributed by atoms with van der Waals surface area (Å²) in [5.41, 5.74) is 0.472. The minimum atomic E-state index is -0.776. The zero-order valence-electron chi connectivity index (χ0n) is 24.4. The maximum absolute atomic E-state index is 12.6. The van der Waals surface area contributed by atoms with E-state index in [1.54, 1.807) is 37.3 Å². The normalized spacial score (nSPS) is 20.4. The quantitative estimate of drug-likeness (QED) is 0.168. The monoisotopic (exact) mass is 580 g/mol. The number of hydrogen-bond acceptors (Lipinski definition) is 9. The Labute approximate surface area is 243 Å². The number of nitro benzene ring substituents is 2. The lowest BCUT2D eigenvalue weighted by molar-refractivity contribution is -0.385. The number of benzene rings is 2. The van der Waals surface area contributed by atoms with Crippen LogP contribution in [0, 0.1) is 31.1 Å². The Morgan fingerprint density at radius 2 is 1.48 bits per heavy atom. The highest BCUT2D eigenvalue weighted by molar-refractivity contribution is 6.03. The summed E-state index contributed by atoms with van der Waals surface area (Å²) < 4.78 is 0. The van der Waals surface area contributed by atoms with Gasteiger partial charge in [-0.05, 0) is 56.1 Å². The maximum Gasteiger partial charge on any atom is 0.433 e. The zero-order valence-corrected chi connectivity index (χ0v) is 24.4. The first-order chi connectivity index (χ1) is 19.7. The van der Waals surface area contributed by atoms with Crippen molar-refractivity contribution in [3.05, 3.63) is 79.9 Å². The van der Waals surface area contributed by atoms with Crippen molar-refractivity contribution in [3.8, 4) is 0 Å². The maximum atomic E-state index is 12.6. The van der Waals surface area contributed by atoms with Gasteiger partial charge in [0.05, 0.1) is 26.7 Å². The van der Waals surface area contributed by atoms with E-state index >= 15 is 0 Å². The highest BCUT2D eigenvalue weighted by atomic mass is 16.7. The van der Waals surface area contributed by atoms with Crippen LogP contribution in [0.15, 0.2) is 58.7 Å². The van der Waals surface area contributed by atoms with Gasteiger partial charge in [0.1, 0.15) is 6.54 Å². The van der Waals surface area contributed by atoms with Gasteiger partial charge >= 0.3 is 6.09 Å². The Balaban J connectivity index is 1.59. The molecule has 2 unspecified atom stereocenters. The van der Waals surface area contributed by atoms with Crippen molar-refractivity contribution in [2.24, 2.45) is 21.0 Å². The van der Waals surface area contributed by atoms with Crippen LogP contribution in [-0.2, 0) is 9.63 Å². The van der Waals surface area contributed by atoms with Crippen molar-refractivity contribution < 1.29 is 24.3 Å². The Morgan fingerprint density at radius 1 is 0.929 bits per heavy atom.